The van der Waals surface area contributed by atoms with Crippen molar-refractivity contribution in [1.82, 2.24) is 20.0 Å². The van der Waals surface area contributed by atoms with Gasteiger partial charge in [0.2, 0.25) is 0 Å². The SMILES string of the molecule is Cc1c(C(=O)Nc2ccc3c(c2)B(O)OC3)nnn1-c1ccccn1.NC(N)=NCCCC(N)C(=O)O. The lowest BCUT2D eigenvalue weighted by atomic mass is 9.79. The van der Waals surface area contributed by atoms with Crippen LogP contribution >= 0.6 is 0 Å². The average Bonchev–Trinajstić information content (AvgIpc) is 3.44. The van der Waals surface area contributed by atoms with Gasteiger partial charge in [-0.2, -0.15) is 4.68 Å². The number of guanidine groups is 1. The largest absolute Gasteiger partial charge is 0.491 e. The minimum absolute atomic E-state index is 0.0129. The second-order valence-corrected chi connectivity index (χ2v) is 8.05. The van der Waals surface area contributed by atoms with Crippen molar-refractivity contribution in [3.63, 3.8) is 0 Å². The van der Waals surface area contributed by atoms with Crippen molar-refractivity contribution >= 4 is 36.1 Å². The van der Waals surface area contributed by atoms with E-state index in [1.54, 1.807) is 37.4 Å². The molecule has 0 bridgehead atoms. The molecule has 194 valence electrons. The molecule has 3 aromatic rings. The number of fused-ring (bicyclic) bond motifs is 1. The van der Waals surface area contributed by atoms with Crippen LogP contribution in [0.4, 0.5) is 5.69 Å². The molecule has 0 aliphatic carbocycles. The fourth-order valence-electron chi connectivity index (χ4n) is 3.36. The Kier molecular flexibility index (Phi) is 9.26. The van der Waals surface area contributed by atoms with Crippen LogP contribution in [0.5, 0.6) is 0 Å². The zero-order chi connectivity index (χ0) is 26.9. The third-order valence-electron chi connectivity index (χ3n) is 5.33. The van der Waals surface area contributed by atoms with Gasteiger partial charge in [0.1, 0.15) is 6.04 Å². The van der Waals surface area contributed by atoms with Gasteiger partial charge in [-0.1, -0.05) is 17.3 Å². The van der Waals surface area contributed by atoms with E-state index < -0.39 is 19.1 Å². The van der Waals surface area contributed by atoms with E-state index in [2.05, 4.69) is 25.6 Å². The van der Waals surface area contributed by atoms with Crippen molar-refractivity contribution in [1.29, 1.82) is 0 Å². The number of carbonyl (C=O) groups excluding carboxylic acids is 1. The molecule has 37 heavy (non-hydrogen) atoms. The Bertz CT molecular complexity index is 1260. The van der Waals surface area contributed by atoms with Gasteiger partial charge in [0, 0.05) is 18.4 Å². The van der Waals surface area contributed by atoms with Crippen molar-refractivity contribution in [2.45, 2.75) is 32.4 Å². The van der Waals surface area contributed by atoms with Gasteiger partial charge in [-0.05, 0) is 55.1 Å². The molecule has 15 heteroatoms. The van der Waals surface area contributed by atoms with Gasteiger partial charge in [0.05, 0.1) is 12.3 Å². The zero-order valence-corrected chi connectivity index (χ0v) is 20.1. The molecule has 1 aromatic carbocycles. The molecule has 1 aliphatic rings. The highest BCUT2D eigenvalue weighted by atomic mass is 16.5. The second-order valence-electron chi connectivity index (χ2n) is 8.05. The Labute approximate surface area is 212 Å². The van der Waals surface area contributed by atoms with E-state index in [-0.39, 0.29) is 17.6 Å². The predicted octanol–water partition coefficient (Wildman–Crippen LogP) is -1.11. The van der Waals surface area contributed by atoms with Gasteiger partial charge in [-0.15, -0.1) is 5.10 Å². The highest BCUT2D eigenvalue weighted by Gasteiger charge is 2.27. The standard InChI is InChI=1S/C16H14BN5O3.C6H14N4O2/c1-10-15(20-21-22(10)14-4-2-3-7-18-14)16(23)19-12-6-5-11-9-25-17(24)13(11)8-12;7-4(5(11)12)2-1-3-10-6(8)9/h2-8,24H,9H2,1H3,(H,19,23);4H,1-3,7H2,(H,11,12)(H4,8,9,10). The van der Waals surface area contributed by atoms with Crippen molar-refractivity contribution < 1.29 is 24.4 Å². The highest BCUT2D eigenvalue weighted by molar-refractivity contribution is 6.61. The number of anilines is 1. The summed E-state index contributed by atoms with van der Waals surface area (Å²) < 4.78 is 6.66. The molecule has 1 atom stereocenters. The first-order chi connectivity index (χ1) is 17.7. The minimum Gasteiger partial charge on any atom is -0.480 e. The fraction of sp³-hybridized carbons (Fsp3) is 0.273. The molecule has 9 N–H and O–H groups in total. The third-order valence-corrected chi connectivity index (χ3v) is 5.33. The van der Waals surface area contributed by atoms with Gasteiger partial charge in [-0.3, -0.25) is 14.6 Å². The van der Waals surface area contributed by atoms with Crippen LogP contribution < -0.4 is 28.0 Å². The lowest BCUT2D eigenvalue weighted by Gasteiger charge is -2.06. The lowest BCUT2D eigenvalue weighted by Crippen LogP contribution is -2.30. The molecule has 1 unspecified atom stereocenters. The van der Waals surface area contributed by atoms with E-state index in [0.717, 1.165) is 5.56 Å². The summed E-state index contributed by atoms with van der Waals surface area (Å²) in [5, 5.41) is 28.9. The van der Waals surface area contributed by atoms with Gasteiger partial charge in [-0.25, -0.2) is 4.98 Å². The number of nitrogens with zero attached hydrogens (tertiary/aromatic N) is 5. The maximum absolute atomic E-state index is 12.5. The molecule has 0 radical (unpaired) electrons. The number of carbonyl (C=O) groups is 2. The van der Waals surface area contributed by atoms with Crippen LogP contribution in [0.2, 0.25) is 0 Å². The molecule has 4 rings (SSSR count). The van der Waals surface area contributed by atoms with Crippen molar-refractivity contribution in [3.8, 4) is 5.82 Å². The minimum atomic E-state index is -1.00. The lowest BCUT2D eigenvalue weighted by molar-refractivity contribution is -0.138. The van der Waals surface area contributed by atoms with Crippen LogP contribution in [-0.2, 0) is 16.1 Å². The van der Waals surface area contributed by atoms with E-state index in [4.69, 9.17) is 27.0 Å². The maximum Gasteiger partial charge on any atom is 0.491 e. The average molecular weight is 509 g/mol. The summed E-state index contributed by atoms with van der Waals surface area (Å²) in [6.07, 6.45) is 2.60. The van der Waals surface area contributed by atoms with E-state index in [0.29, 0.717) is 48.7 Å². The summed E-state index contributed by atoms with van der Waals surface area (Å²) in [6.45, 7) is 2.54. The Hall–Kier alpha value is -4.34. The van der Waals surface area contributed by atoms with Crippen LogP contribution in [0, 0.1) is 6.92 Å². The molecular formula is C22H28BN9O5. The van der Waals surface area contributed by atoms with E-state index in [1.165, 1.54) is 4.68 Å². The predicted molar refractivity (Wildman–Crippen MR) is 136 cm³/mol. The molecular weight excluding hydrogens is 481 g/mol. The summed E-state index contributed by atoms with van der Waals surface area (Å²) in [5.74, 6) is -0.781. The van der Waals surface area contributed by atoms with Gasteiger partial charge < -0.3 is 37.3 Å². The van der Waals surface area contributed by atoms with Crippen LogP contribution in [0.25, 0.3) is 5.82 Å². The van der Waals surface area contributed by atoms with E-state index >= 15 is 0 Å². The Morgan fingerprint density at radius 3 is 2.76 bits per heavy atom. The van der Waals surface area contributed by atoms with Crippen LogP contribution in [0.15, 0.2) is 47.6 Å². The number of rotatable bonds is 8. The summed E-state index contributed by atoms with van der Waals surface area (Å²) in [5.41, 5.74) is 18.2. The smallest absolute Gasteiger partial charge is 0.480 e. The Morgan fingerprint density at radius 2 is 2.08 bits per heavy atom. The summed E-state index contributed by atoms with van der Waals surface area (Å²) >= 11 is 0. The number of amides is 1. The Balaban J connectivity index is 0.000000270. The number of pyridine rings is 1. The number of benzene rings is 1. The highest BCUT2D eigenvalue weighted by Crippen LogP contribution is 2.16. The summed E-state index contributed by atoms with van der Waals surface area (Å²) in [6, 6.07) is 9.87. The molecule has 0 saturated heterocycles. The van der Waals surface area contributed by atoms with Crippen molar-refractivity contribution in [2.24, 2.45) is 22.2 Å². The first-order valence-corrected chi connectivity index (χ1v) is 11.3. The number of aliphatic carboxylic acids is 1. The monoisotopic (exact) mass is 509 g/mol. The molecule has 0 spiro atoms. The molecule has 0 saturated carbocycles. The number of nitrogens with two attached hydrogens (primary N) is 3. The Morgan fingerprint density at radius 1 is 1.30 bits per heavy atom. The third kappa shape index (κ3) is 7.33. The molecule has 14 nitrogen and oxygen atoms in total. The van der Waals surface area contributed by atoms with Crippen LogP contribution in [-0.4, -0.2) is 67.6 Å². The number of nitrogens with one attached hydrogen (secondary N) is 1. The van der Waals surface area contributed by atoms with Gasteiger partial charge in [0.25, 0.3) is 5.91 Å². The van der Waals surface area contributed by atoms with Crippen LogP contribution in [0.1, 0.15) is 34.6 Å². The number of aromatic nitrogens is 4. The van der Waals surface area contributed by atoms with Crippen molar-refractivity contribution in [2.75, 3.05) is 11.9 Å². The topological polar surface area (TPSA) is 230 Å². The summed E-state index contributed by atoms with van der Waals surface area (Å²) in [4.78, 5) is 30.6. The maximum atomic E-state index is 12.5. The molecule has 0 fully saturated rings. The van der Waals surface area contributed by atoms with Gasteiger partial charge in [0.15, 0.2) is 17.5 Å². The molecule has 2 aromatic heterocycles. The van der Waals surface area contributed by atoms with Crippen LogP contribution in [0.3, 0.4) is 0 Å². The quantitative estimate of drug-likeness (QED) is 0.0923. The fourth-order valence-corrected chi connectivity index (χ4v) is 3.36. The number of aliphatic imine (C=N–C) groups is 1. The first-order valence-electron chi connectivity index (χ1n) is 11.3. The number of carboxylic acid groups (broad SMARTS) is 1. The van der Waals surface area contributed by atoms with Crippen molar-refractivity contribution in [3.05, 3.63) is 59.5 Å². The summed E-state index contributed by atoms with van der Waals surface area (Å²) in [7, 11) is -0.960. The van der Waals surface area contributed by atoms with E-state index in [1.807, 2.05) is 12.1 Å². The van der Waals surface area contributed by atoms with E-state index in [9.17, 15) is 14.6 Å². The number of hydrogen-bond acceptors (Lipinski definition) is 9. The normalized spacial score (nSPS) is 12.7. The number of carboxylic acids is 1. The van der Waals surface area contributed by atoms with Gasteiger partial charge >= 0.3 is 13.1 Å². The number of hydrogen-bond donors (Lipinski definition) is 6. The second kappa shape index (κ2) is 12.6. The molecule has 1 aliphatic heterocycles. The first kappa shape index (κ1) is 27.3. The molecule has 1 amide bonds. The zero-order valence-electron chi connectivity index (χ0n) is 20.1. The molecule has 3 heterocycles.